The molecule has 7 rings (SSSR count). The van der Waals surface area contributed by atoms with Crippen LogP contribution >= 0.6 is 11.6 Å². The first-order valence-corrected chi connectivity index (χ1v) is 14.7. The Morgan fingerprint density at radius 1 is 1.02 bits per heavy atom. The van der Waals surface area contributed by atoms with Crippen molar-refractivity contribution in [3.8, 4) is 0 Å². The Bertz CT molecular complexity index is 1560. The summed E-state index contributed by atoms with van der Waals surface area (Å²) in [6, 6.07) is 19.4. The largest absolute Gasteiger partial charge is 0.385 e. The summed E-state index contributed by atoms with van der Waals surface area (Å²) in [5.74, 6) is 1.18. The minimum Gasteiger partial charge on any atom is -0.385 e. The van der Waals surface area contributed by atoms with Gasteiger partial charge in [0.25, 0.3) is 5.91 Å². The van der Waals surface area contributed by atoms with Crippen LogP contribution in [0.1, 0.15) is 35.2 Å². The summed E-state index contributed by atoms with van der Waals surface area (Å²) in [5.41, 5.74) is 3.29. The molecule has 0 saturated carbocycles. The zero-order valence-corrected chi connectivity index (χ0v) is 23.8. The van der Waals surface area contributed by atoms with E-state index in [1.54, 1.807) is 4.52 Å². The van der Waals surface area contributed by atoms with Crippen LogP contribution in [0.5, 0.6) is 0 Å². The maximum absolute atomic E-state index is 13.2. The number of nitrogens with zero attached hydrogens (tertiary/aromatic N) is 6. The maximum Gasteiger partial charge on any atom is 0.254 e. The number of benzene rings is 2. The van der Waals surface area contributed by atoms with Gasteiger partial charge in [0, 0.05) is 61.2 Å². The highest BCUT2D eigenvalue weighted by Crippen LogP contribution is 2.36. The average Bonchev–Trinajstić information content (AvgIpc) is 3.52. The van der Waals surface area contributed by atoms with E-state index in [-0.39, 0.29) is 5.91 Å². The molecule has 41 heavy (non-hydrogen) atoms. The number of anilines is 3. The van der Waals surface area contributed by atoms with Gasteiger partial charge in [0.1, 0.15) is 0 Å². The number of halogens is 1. The summed E-state index contributed by atoms with van der Waals surface area (Å²) in [4.78, 5) is 24.7. The number of aliphatic hydroxyl groups is 1. The second-order valence-corrected chi connectivity index (χ2v) is 12.2. The second kappa shape index (κ2) is 10.3. The van der Waals surface area contributed by atoms with Crippen molar-refractivity contribution in [2.75, 3.05) is 50.0 Å². The first-order valence-electron chi connectivity index (χ1n) is 14.3. The van der Waals surface area contributed by atoms with Crippen molar-refractivity contribution in [3.05, 3.63) is 83.0 Å². The van der Waals surface area contributed by atoms with Crippen molar-refractivity contribution in [1.29, 1.82) is 0 Å². The van der Waals surface area contributed by atoms with Gasteiger partial charge >= 0.3 is 0 Å². The molecule has 0 spiro atoms. The molecule has 3 saturated heterocycles. The number of piperidine rings is 2. The van der Waals surface area contributed by atoms with Gasteiger partial charge < -0.3 is 25.1 Å². The van der Waals surface area contributed by atoms with Crippen LogP contribution in [-0.2, 0) is 5.60 Å². The molecule has 2 N–H and O–H groups in total. The highest BCUT2D eigenvalue weighted by atomic mass is 35.5. The van der Waals surface area contributed by atoms with Crippen LogP contribution in [0.4, 0.5) is 17.3 Å². The molecule has 5 heterocycles. The van der Waals surface area contributed by atoms with Gasteiger partial charge in [0.2, 0.25) is 5.95 Å². The molecule has 2 bridgehead atoms. The summed E-state index contributed by atoms with van der Waals surface area (Å²) >= 11 is 6.04. The number of carbonyl (C=O) groups excluding carboxylic acids is 1. The lowest BCUT2D eigenvalue weighted by Gasteiger charge is -2.39. The summed E-state index contributed by atoms with van der Waals surface area (Å²) < 4.78 is 1.78. The summed E-state index contributed by atoms with van der Waals surface area (Å²) in [6.45, 7) is 4.25. The van der Waals surface area contributed by atoms with E-state index in [2.05, 4.69) is 32.2 Å². The normalized spacial score (nSPS) is 22.3. The number of likely N-dealkylation sites (N-methyl/N-ethyl adjacent to an activating group) is 1. The number of nitrogens with one attached hydrogen (secondary N) is 1. The van der Waals surface area contributed by atoms with Crippen molar-refractivity contribution in [3.63, 3.8) is 0 Å². The lowest BCUT2D eigenvalue weighted by Crippen LogP contribution is -2.42. The fourth-order valence-electron chi connectivity index (χ4n) is 6.79. The Morgan fingerprint density at radius 2 is 1.78 bits per heavy atom. The quantitative estimate of drug-likeness (QED) is 0.367. The van der Waals surface area contributed by atoms with E-state index in [0.717, 1.165) is 48.6 Å². The Morgan fingerprint density at radius 3 is 2.54 bits per heavy atom. The first-order chi connectivity index (χ1) is 19.8. The summed E-state index contributed by atoms with van der Waals surface area (Å²) in [7, 11) is 2.14. The number of aromatic nitrogens is 3. The van der Waals surface area contributed by atoms with Gasteiger partial charge in [-0.1, -0.05) is 23.7 Å². The Hall–Kier alpha value is -3.66. The molecule has 2 unspecified atom stereocenters. The molecule has 3 aliphatic heterocycles. The SMILES string of the molecule is CN1CC2CC(C1)N(C(=O)c1ccc(Nc3nc4c(N5CCC(O)(c6ccc(Cl)cc6)CC5)cccn4n3)cc1)C2. The minimum absolute atomic E-state index is 0.110. The predicted molar refractivity (Wildman–Crippen MR) is 160 cm³/mol. The molecule has 2 atom stereocenters. The van der Waals surface area contributed by atoms with Crippen LogP contribution in [0, 0.1) is 5.92 Å². The van der Waals surface area contributed by atoms with Crippen molar-refractivity contribution in [2.45, 2.75) is 30.9 Å². The molecule has 10 heteroatoms. The predicted octanol–water partition coefficient (Wildman–Crippen LogP) is 4.39. The Labute approximate surface area is 244 Å². The van der Waals surface area contributed by atoms with E-state index in [4.69, 9.17) is 16.6 Å². The third-order valence-electron chi connectivity index (χ3n) is 8.90. The molecular weight excluding hydrogens is 538 g/mol. The van der Waals surface area contributed by atoms with Crippen molar-refractivity contribution in [1.82, 2.24) is 24.4 Å². The number of likely N-dealkylation sites (tertiary alicyclic amines) is 2. The Kier molecular flexibility index (Phi) is 6.60. The molecule has 2 aromatic heterocycles. The molecular formula is C31H34ClN7O2. The van der Waals surface area contributed by atoms with E-state index >= 15 is 0 Å². The summed E-state index contributed by atoms with van der Waals surface area (Å²) in [6.07, 6.45) is 4.21. The van der Waals surface area contributed by atoms with E-state index < -0.39 is 5.60 Å². The fraction of sp³-hybridized carbons (Fsp3) is 0.387. The van der Waals surface area contributed by atoms with E-state index in [0.29, 0.717) is 54.4 Å². The first kappa shape index (κ1) is 26.3. The van der Waals surface area contributed by atoms with Gasteiger partial charge in [0.15, 0.2) is 5.65 Å². The van der Waals surface area contributed by atoms with Crippen LogP contribution < -0.4 is 10.2 Å². The summed E-state index contributed by atoms with van der Waals surface area (Å²) in [5, 5.41) is 19.9. The zero-order chi connectivity index (χ0) is 28.1. The third kappa shape index (κ3) is 5.03. The number of hydrogen-bond acceptors (Lipinski definition) is 7. The average molecular weight is 572 g/mol. The lowest BCUT2D eigenvalue weighted by molar-refractivity contribution is 0.0118. The van der Waals surface area contributed by atoms with Crippen LogP contribution in [0.2, 0.25) is 5.02 Å². The maximum atomic E-state index is 13.2. The molecule has 9 nitrogen and oxygen atoms in total. The highest BCUT2D eigenvalue weighted by Gasteiger charge is 2.40. The number of amides is 1. The number of fused-ring (bicyclic) bond motifs is 3. The molecule has 2 aromatic carbocycles. The number of hydrogen-bond donors (Lipinski definition) is 2. The standard InChI is InChI=1S/C31H34ClN7O2/c1-36-18-21-17-26(20-36)38(19-21)29(40)22-4-10-25(11-5-22)33-30-34-28-27(3-2-14-39(28)35-30)37-15-12-31(41,13-16-37)23-6-8-24(32)9-7-23/h2-11,14,21,26,41H,12-13,15-20H2,1H3,(H,33,35). The van der Waals surface area contributed by atoms with E-state index in [9.17, 15) is 9.90 Å². The molecule has 3 aliphatic rings. The number of rotatable bonds is 5. The van der Waals surface area contributed by atoms with E-state index in [1.807, 2.05) is 66.9 Å². The molecule has 0 radical (unpaired) electrons. The zero-order valence-electron chi connectivity index (χ0n) is 23.1. The Balaban J connectivity index is 1.04. The van der Waals surface area contributed by atoms with Crippen molar-refractivity contribution >= 4 is 40.5 Å². The molecule has 4 aromatic rings. The van der Waals surface area contributed by atoms with Crippen LogP contribution in [0.15, 0.2) is 66.9 Å². The highest BCUT2D eigenvalue weighted by molar-refractivity contribution is 6.30. The molecule has 1 amide bonds. The topological polar surface area (TPSA) is 89.2 Å². The molecule has 0 aliphatic carbocycles. The van der Waals surface area contributed by atoms with Gasteiger partial charge in [-0.05, 0) is 86.3 Å². The smallest absolute Gasteiger partial charge is 0.254 e. The van der Waals surface area contributed by atoms with Gasteiger partial charge in [-0.2, -0.15) is 4.98 Å². The van der Waals surface area contributed by atoms with Crippen LogP contribution in [0.25, 0.3) is 5.65 Å². The number of pyridine rings is 1. The monoisotopic (exact) mass is 571 g/mol. The fourth-order valence-corrected chi connectivity index (χ4v) is 6.92. The second-order valence-electron chi connectivity index (χ2n) is 11.8. The van der Waals surface area contributed by atoms with Gasteiger partial charge in [0.05, 0.1) is 11.3 Å². The van der Waals surface area contributed by atoms with E-state index in [1.165, 1.54) is 0 Å². The van der Waals surface area contributed by atoms with Crippen molar-refractivity contribution in [2.24, 2.45) is 5.92 Å². The van der Waals surface area contributed by atoms with Crippen molar-refractivity contribution < 1.29 is 9.90 Å². The molecule has 212 valence electrons. The van der Waals surface area contributed by atoms with Gasteiger partial charge in [-0.15, -0.1) is 5.10 Å². The van der Waals surface area contributed by atoms with Gasteiger partial charge in [-0.25, -0.2) is 4.52 Å². The minimum atomic E-state index is -0.871. The van der Waals surface area contributed by atoms with Crippen LogP contribution in [0.3, 0.4) is 0 Å². The van der Waals surface area contributed by atoms with Gasteiger partial charge in [-0.3, -0.25) is 4.79 Å². The number of carbonyl (C=O) groups is 1. The lowest BCUT2D eigenvalue weighted by atomic mass is 9.84. The molecule has 3 fully saturated rings. The van der Waals surface area contributed by atoms with Crippen LogP contribution in [-0.4, -0.2) is 81.2 Å². The third-order valence-corrected chi connectivity index (χ3v) is 9.15.